The molecule has 3 N–H and O–H groups in total. The Morgan fingerprint density at radius 1 is 1.39 bits per heavy atom. The fraction of sp³-hybridized carbons (Fsp3) is 0.500. The van der Waals surface area contributed by atoms with Gasteiger partial charge in [0.05, 0.1) is 6.54 Å². The highest BCUT2D eigenvalue weighted by atomic mass is 32.2. The van der Waals surface area contributed by atoms with Gasteiger partial charge < -0.3 is 9.73 Å². The molecular weight excluding hydrogens is 252 g/mol. The van der Waals surface area contributed by atoms with E-state index in [4.69, 9.17) is 9.56 Å². The van der Waals surface area contributed by atoms with Crippen LogP contribution < -0.4 is 10.5 Å². The topological polar surface area (TPSA) is 85.3 Å². The van der Waals surface area contributed by atoms with E-state index in [1.54, 1.807) is 6.07 Å². The maximum Gasteiger partial charge on any atom is 0.271 e. The highest BCUT2D eigenvalue weighted by molar-refractivity contribution is 7.89. The molecule has 0 amide bonds. The fourth-order valence-electron chi connectivity index (χ4n) is 2.05. The van der Waals surface area contributed by atoms with Crippen molar-refractivity contribution in [1.29, 1.82) is 0 Å². The normalized spacial score (nSPS) is 20.2. The Balaban J connectivity index is 1.80. The molecule has 18 heavy (non-hydrogen) atoms. The number of primary sulfonamides is 1. The molecule has 1 aliphatic carbocycles. The summed E-state index contributed by atoms with van der Waals surface area (Å²) < 4.78 is 27.2. The van der Waals surface area contributed by atoms with Gasteiger partial charge in [0.1, 0.15) is 5.76 Å². The molecule has 1 unspecified atom stereocenters. The molecule has 1 aromatic rings. The van der Waals surface area contributed by atoms with Crippen molar-refractivity contribution in [3.05, 3.63) is 30.0 Å². The van der Waals surface area contributed by atoms with E-state index in [0.717, 1.165) is 19.4 Å². The summed E-state index contributed by atoms with van der Waals surface area (Å²) in [6, 6.07) is 3.02. The lowest BCUT2D eigenvalue weighted by atomic mass is 9.94. The van der Waals surface area contributed by atoms with Gasteiger partial charge in [-0.15, -0.1) is 0 Å². The molecule has 1 aliphatic rings. The predicted molar refractivity (Wildman–Crippen MR) is 68.3 cm³/mol. The lowest BCUT2D eigenvalue weighted by Gasteiger charge is -2.17. The first-order valence-corrected chi connectivity index (χ1v) is 7.57. The fourth-order valence-corrected chi connectivity index (χ4v) is 2.53. The van der Waals surface area contributed by atoms with Gasteiger partial charge in [-0.3, -0.25) is 0 Å². The van der Waals surface area contributed by atoms with Crippen LogP contribution in [0.4, 0.5) is 0 Å². The Hall–Kier alpha value is -1.11. The minimum absolute atomic E-state index is 0.181. The van der Waals surface area contributed by atoms with Crippen LogP contribution in [0.1, 0.15) is 25.0 Å². The maximum atomic E-state index is 11.0. The van der Waals surface area contributed by atoms with Crippen LogP contribution in [0.2, 0.25) is 0 Å². The zero-order valence-electron chi connectivity index (χ0n) is 10.1. The van der Waals surface area contributed by atoms with Crippen LogP contribution >= 0.6 is 0 Å². The van der Waals surface area contributed by atoms with Gasteiger partial charge in [-0.25, -0.2) is 13.6 Å². The Bertz CT molecular complexity index is 519. The molecule has 1 heterocycles. The zero-order chi connectivity index (χ0) is 13.0. The predicted octanol–water partition coefficient (Wildman–Crippen LogP) is 1.37. The summed E-state index contributed by atoms with van der Waals surface area (Å²) in [6.07, 6.45) is 7.86. The van der Waals surface area contributed by atoms with Crippen LogP contribution in [0.25, 0.3) is 0 Å². The first kappa shape index (κ1) is 13.3. The summed E-state index contributed by atoms with van der Waals surface area (Å²) in [5, 5.41) is 8.06. The van der Waals surface area contributed by atoms with Crippen molar-refractivity contribution in [2.75, 3.05) is 6.54 Å². The average Bonchev–Trinajstić information content (AvgIpc) is 2.79. The van der Waals surface area contributed by atoms with Gasteiger partial charge in [0.2, 0.25) is 5.09 Å². The van der Waals surface area contributed by atoms with Crippen molar-refractivity contribution in [3.63, 3.8) is 0 Å². The third-order valence-electron chi connectivity index (χ3n) is 3.03. The number of sulfonamides is 1. The van der Waals surface area contributed by atoms with Gasteiger partial charge in [0.15, 0.2) is 0 Å². The lowest BCUT2D eigenvalue weighted by Crippen LogP contribution is -2.22. The molecule has 0 bridgehead atoms. The summed E-state index contributed by atoms with van der Waals surface area (Å²) in [7, 11) is -3.73. The van der Waals surface area contributed by atoms with Gasteiger partial charge in [0.25, 0.3) is 10.0 Å². The van der Waals surface area contributed by atoms with Crippen LogP contribution in [0.3, 0.4) is 0 Å². The molecule has 5 nitrogen and oxygen atoms in total. The standard InChI is InChI=1S/C12H18N2O3S/c13-18(15,16)12-7-6-11(17-12)9-14-8-10-4-2-1-3-5-10/h1-2,6-7,10,14H,3-5,8-9H2,(H2,13,15,16). The van der Waals surface area contributed by atoms with Gasteiger partial charge >= 0.3 is 0 Å². The molecule has 1 aromatic heterocycles. The monoisotopic (exact) mass is 270 g/mol. The quantitative estimate of drug-likeness (QED) is 0.791. The van der Waals surface area contributed by atoms with Crippen molar-refractivity contribution in [2.24, 2.45) is 11.1 Å². The summed E-state index contributed by atoms with van der Waals surface area (Å²) in [4.78, 5) is 0. The minimum atomic E-state index is -3.73. The number of hydrogen-bond donors (Lipinski definition) is 2. The van der Waals surface area contributed by atoms with Crippen LogP contribution in [0.15, 0.2) is 33.8 Å². The van der Waals surface area contributed by atoms with E-state index >= 15 is 0 Å². The first-order chi connectivity index (χ1) is 8.55. The van der Waals surface area contributed by atoms with E-state index in [1.807, 2.05) is 0 Å². The van der Waals surface area contributed by atoms with Gasteiger partial charge in [-0.05, 0) is 43.9 Å². The highest BCUT2D eigenvalue weighted by Gasteiger charge is 2.13. The molecule has 0 spiro atoms. The van der Waals surface area contributed by atoms with Crippen LogP contribution in [-0.2, 0) is 16.6 Å². The Morgan fingerprint density at radius 3 is 2.83 bits per heavy atom. The number of furan rings is 1. The summed E-state index contributed by atoms with van der Waals surface area (Å²) in [6.45, 7) is 1.44. The Labute approximate surface area is 107 Å². The number of allylic oxidation sites excluding steroid dienone is 2. The summed E-state index contributed by atoms with van der Waals surface area (Å²) >= 11 is 0. The van der Waals surface area contributed by atoms with Crippen molar-refractivity contribution in [3.8, 4) is 0 Å². The van der Waals surface area contributed by atoms with Crippen LogP contribution in [-0.4, -0.2) is 15.0 Å². The molecule has 6 heteroatoms. The van der Waals surface area contributed by atoms with E-state index in [9.17, 15) is 8.42 Å². The molecule has 1 atom stereocenters. The number of nitrogens with one attached hydrogen (secondary N) is 1. The van der Waals surface area contributed by atoms with Crippen molar-refractivity contribution in [1.82, 2.24) is 5.32 Å². The van der Waals surface area contributed by atoms with E-state index in [-0.39, 0.29) is 5.09 Å². The van der Waals surface area contributed by atoms with Crippen molar-refractivity contribution in [2.45, 2.75) is 30.9 Å². The molecule has 0 fully saturated rings. The van der Waals surface area contributed by atoms with Gasteiger partial charge in [-0.2, -0.15) is 0 Å². The first-order valence-electron chi connectivity index (χ1n) is 6.03. The molecule has 2 rings (SSSR count). The minimum Gasteiger partial charge on any atom is -0.447 e. The Kier molecular flexibility index (Phi) is 4.21. The second kappa shape index (κ2) is 5.69. The molecule has 0 saturated carbocycles. The highest BCUT2D eigenvalue weighted by Crippen LogP contribution is 2.17. The molecule has 0 radical (unpaired) electrons. The van der Waals surface area contributed by atoms with Gasteiger partial charge in [0, 0.05) is 0 Å². The number of hydrogen-bond acceptors (Lipinski definition) is 4. The zero-order valence-corrected chi connectivity index (χ0v) is 10.9. The van der Waals surface area contributed by atoms with Crippen molar-refractivity contribution >= 4 is 10.0 Å². The largest absolute Gasteiger partial charge is 0.447 e. The van der Waals surface area contributed by atoms with E-state index in [1.165, 1.54) is 12.5 Å². The lowest BCUT2D eigenvalue weighted by molar-refractivity contribution is 0.383. The molecule has 100 valence electrons. The van der Waals surface area contributed by atoms with E-state index in [0.29, 0.717) is 18.2 Å². The van der Waals surface area contributed by atoms with Gasteiger partial charge in [-0.1, -0.05) is 12.2 Å². The molecular formula is C12H18N2O3S. The van der Waals surface area contributed by atoms with E-state index < -0.39 is 10.0 Å². The third kappa shape index (κ3) is 3.69. The second-order valence-electron chi connectivity index (χ2n) is 4.55. The van der Waals surface area contributed by atoms with Crippen LogP contribution in [0.5, 0.6) is 0 Å². The molecule has 0 aromatic carbocycles. The SMILES string of the molecule is NS(=O)(=O)c1ccc(CNCC2CC=CCC2)o1. The number of nitrogens with two attached hydrogens (primary N) is 1. The average molecular weight is 270 g/mol. The maximum absolute atomic E-state index is 11.0. The molecule has 0 saturated heterocycles. The van der Waals surface area contributed by atoms with E-state index in [2.05, 4.69) is 17.5 Å². The summed E-state index contributed by atoms with van der Waals surface area (Å²) in [5.41, 5.74) is 0. The Morgan fingerprint density at radius 2 is 2.22 bits per heavy atom. The molecule has 0 aliphatic heterocycles. The second-order valence-corrected chi connectivity index (χ2v) is 6.04. The number of rotatable bonds is 5. The summed E-state index contributed by atoms with van der Waals surface area (Å²) in [5.74, 6) is 1.24. The third-order valence-corrected chi connectivity index (χ3v) is 3.81. The van der Waals surface area contributed by atoms with Crippen molar-refractivity contribution < 1.29 is 12.8 Å². The smallest absolute Gasteiger partial charge is 0.271 e. The van der Waals surface area contributed by atoms with Crippen LogP contribution in [0, 0.1) is 5.92 Å².